The van der Waals surface area contributed by atoms with Crippen molar-refractivity contribution in [1.82, 2.24) is 0 Å². The lowest BCUT2D eigenvalue weighted by molar-refractivity contribution is 0.105. The third-order valence-electron chi connectivity index (χ3n) is 1.75. The molecule has 0 radical (unpaired) electrons. The third kappa shape index (κ3) is 3.86. The Kier molecular flexibility index (Phi) is 5.24. The van der Waals surface area contributed by atoms with Gasteiger partial charge in [0.15, 0.2) is 0 Å². The number of rotatable bonds is 4. The lowest BCUT2D eigenvalue weighted by Crippen LogP contribution is -2.23. The highest BCUT2D eigenvalue weighted by Gasteiger charge is 2.07. The van der Waals surface area contributed by atoms with E-state index in [4.69, 9.17) is 10.2 Å². The summed E-state index contributed by atoms with van der Waals surface area (Å²) in [5.74, 6) is -0.320. The van der Waals surface area contributed by atoms with Crippen LogP contribution in [0.5, 0.6) is 0 Å². The van der Waals surface area contributed by atoms with Crippen molar-refractivity contribution in [3.05, 3.63) is 26.0 Å². The van der Waals surface area contributed by atoms with Gasteiger partial charge in [-0.1, -0.05) is 0 Å². The smallest absolute Gasteiger partial charge is 0.138 e. The van der Waals surface area contributed by atoms with Crippen molar-refractivity contribution in [3.8, 4) is 0 Å². The first-order valence-corrected chi connectivity index (χ1v) is 6.09. The molecule has 0 heterocycles. The van der Waals surface area contributed by atoms with Crippen LogP contribution in [0, 0.1) is 9.39 Å². The number of anilines is 1. The predicted octanol–water partition coefficient (Wildman–Crippen LogP) is 1.96. The maximum Gasteiger partial charge on any atom is 0.138 e. The van der Waals surface area contributed by atoms with E-state index < -0.39 is 6.10 Å². The number of hydrogen-bond acceptors (Lipinski definition) is 3. The maximum absolute atomic E-state index is 13.2. The number of aliphatic hydroxyl groups is 2. The molecule has 6 heteroatoms. The highest BCUT2D eigenvalue weighted by Crippen LogP contribution is 2.26. The summed E-state index contributed by atoms with van der Waals surface area (Å²) in [5.41, 5.74) is 0.556. The Labute approximate surface area is 109 Å². The van der Waals surface area contributed by atoms with Gasteiger partial charge >= 0.3 is 0 Å². The van der Waals surface area contributed by atoms with Gasteiger partial charge in [0.05, 0.1) is 22.0 Å². The minimum atomic E-state index is -0.848. The zero-order chi connectivity index (χ0) is 11.4. The fourth-order valence-corrected chi connectivity index (χ4v) is 2.33. The van der Waals surface area contributed by atoms with E-state index in [2.05, 4.69) is 21.2 Å². The average Bonchev–Trinajstić information content (AvgIpc) is 2.21. The van der Waals surface area contributed by atoms with Crippen LogP contribution < -0.4 is 5.32 Å². The molecule has 84 valence electrons. The lowest BCUT2D eigenvalue weighted by Gasteiger charge is -2.12. The Morgan fingerprint density at radius 2 is 2.20 bits per heavy atom. The Hall–Kier alpha value is 0.0800. The number of nitrogens with one attached hydrogen (secondary N) is 1. The molecule has 0 bridgehead atoms. The number of aliphatic hydroxyl groups excluding tert-OH is 2. The maximum atomic E-state index is 13.2. The molecule has 0 saturated heterocycles. The average molecular weight is 390 g/mol. The Bertz CT molecular complexity index is 351. The van der Waals surface area contributed by atoms with E-state index in [-0.39, 0.29) is 19.0 Å². The zero-order valence-corrected chi connectivity index (χ0v) is 11.4. The molecule has 1 unspecified atom stereocenters. The molecule has 3 nitrogen and oxygen atoms in total. The van der Waals surface area contributed by atoms with Gasteiger partial charge in [0.2, 0.25) is 0 Å². The fraction of sp³-hybridized carbons (Fsp3) is 0.333. The highest BCUT2D eigenvalue weighted by molar-refractivity contribution is 14.1. The summed E-state index contributed by atoms with van der Waals surface area (Å²) in [7, 11) is 0. The topological polar surface area (TPSA) is 52.5 Å². The Balaban J connectivity index is 2.73. The minimum absolute atomic E-state index is 0.176. The predicted molar refractivity (Wildman–Crippen MR) is 68.4 cm³/mol. The van der Waals surface area contributed by atoms with Gasteiger partial charge in [-0.05, 0) is 50.7 Å². The van der Waals surface area contributed by atoms with Crippen LogP contribution >= 0.6 is 38.5 Å². The lowest BCUT2D eigenvalue weighted by atomic mass is 10.3. The van der Waals surface area contributed by atoms with Crippen LogP contribution in [0.15, 0.2) is 16.6 Å². The number of benzene rings is 1. The van der Waals surface area contributed by atoms with E-state index in [1.807, 2.05) is 22.6 Å². The summed E-state index contributed by atoms with van der Waals surface area (Å²) in [6, 6.07) is 2.99. The molecule has 0 fully saturated rings. The minimum Gasteiger partial charge on any atom is -0.394 e. The monoisotopic (exact) mass is 389 g/mol. The van der Waals surface area contributed by atoms with Crippen molar-refractivity contribution in [2.45, 2.75) is 6.10 Å². The molecule has 0 aliphatic heterocycles. The molecule has 1 atom stereocenters. The first kappa shape index (κ1) is 13.1. The quantitative estimate of drug-likeness (QED) is 0.545. The first-order valence-electron chi connectivity index (χ1n) is 4.22. The molecule has 0 spiro atoms. The van der Waals surface area contributed by atoms with Gasteiger partial charge in [0.25, 0.3) is 0 Å². The third-order valence-corrected chi connectivity index (χ3v) is 3.23. The SMILES string of the molecule is OCC(O)CNc1cc(F)c(I)cc1Br. The van der Waals surface area contributed by atoms with Gasteiger partial charge in [-0.25, -0.2) is 4.39 Å². The van der Waals surface area contributed by atoms with Gasteiger partial charge in [0.1, 0.15) is 5.82 Å². The van der Waals surface area contributed by atoms with E-state index in [1.165, 1.54) is 6.07 Å². The van der Waals surface area contributed by atoms with Gasteiger partial charge in [-0.2, -0.15) is 0 Å². The summed E-state index contributed by atoms with van der Waals surface area (Å²) in [6.07, 6.45) is -0.848. The molecule has 0 aromatic heterocycles. The molecule has 1 aromatic carbocycles. The van der Waals surface area contributed by atoms with Crippen molar-refractivity contribution < 1.29 is 14.6 Å². The summed E-state index contributed by atoms with van der Waals surface area (Å²) >= 11 is 5.17. The molecule has 1 rings (SSSR count). The molecular weight excluding hydrogens is 380 g/mol. The summed E-state index contributed by atoms with van der Waals surface area (Å²) < 4.78 is 14.4. The molecule has 3 N–H and O–H groups in total. The van der Waals surface area contributed by atoms with Crippen LogP contribution in [0.25, 0.3) is 0 Å². The molecular formula is C9H10BrFINO2. The molecule has 1 aromatic rings. The van der Waals surface area contributed by atoms with Crippen LogP contribution in [0.2, 0.25) is 0 Å². The normalized spacial score (nSPS) is 12.6. The first-order chi connectivity index (χ1) is 7.04. The standard InChI is InChI=1S/C9H10BrFINO2/c10-6-1-8(12)7(11)2-9(6)13-3-5(15)4-14/h1-2,5,13-15H,3-4H2. The summed E-state index contributed by atoms with van der Waals surface area (Å²) in [4.78, 5) is 0. The van der Waals surface area contributed by atoms with E-state index in [1.54, 1.807) is 6.07 Å². The van der Waals surface area contributed by atoms with Crippen molar-refractivity contribution in [2.75, 3.05) is 18.5 Å². The van der Waals surface area contributed by atoms with Gasteiger partial charge < -0.3 is 15.5 Å². The van der Waals surface area contributed by atoms with Gasteiger partial charge in [-0.3, -0.25) is 0 Å². The van der Waals surface area contributed by atoms with E-state index in [0.717, 1.165) is 4.47 Å². The number of halogens is 3. The van der Waals surface area contributed by atoms with Crippen molar-refractivity contribution in [1.29, 1.82) is 0 Å². The van der Waals surface area contributed by atoms with Gasteiger partial charge in [-0.15, -0.1) is 0 Å². The van der Waals surface area contributed by atoms with Crippen LogP contribution in [-0.4, -0.2) is 29.5 Å². The largest absolute Gasteiger partial charge is 0.394 e. The molecule has 0 aliphatic carbocycles. The summed E-state index contributed by atoms with van der Waals surface area (Å²) in [5, 5.41) is 20.5. The summed E-state index contributed by atoms with van der Waals surface area (Å²) in [6.45, 7) is -0.146. The molecule has 0 saturated carbocycles. The fourth-order valence-electron chi connectivity index (χ4n) is 0.950. The highest BCUT2D eigenvalue weighted by atomic mass is 127. The number of hydrogen-bond donors (Lipinski definition) is 3. The van der Waals surface area contributed by atoms with Crippen LogP contribution in [-0.2, 0) is 0 Å². The van der Waals surface area contributed by atoms with Crippen LogP contribution in [0.4, 0.5) is 10.1 Å². The Morgan fingerprint density at radius 1 is 1.53 bits per heavy atom. The van der Waals surface area contributed by atoms with Gasteiger partial charge in [0, 0.05) is 11.0 Å². The van der Waals surface area contributed by atoms with E-state index in [0.29, 0.717) is 9.26 Å². The zero-order valence-electron chi connectivity index (χ0n) is 7.67. The van der Waals surface area contributed by atoms with E-state index in [9.17, 15) is 4.39 Å². The molecule has 0 amide bonds. The van der Waals surface area contributed by atoms with Crippen molar-refractivity contribution >= 4 is 44.2 Å². The second-order valence-corrected chi connectivity index (χ2v) is 4.98. The molecule has 15 heavy (non-hydrogen) atoms. The van der Waals surface area contributed by atoms with E-state index >= 15 is 0 Å². The van der Waals surface area contributed by atoms with Crippen molar-refractivity contribution in [3.63, 3.8) is 0 Å². The molecule has 0 aliphatic rings. The van der Waals surface area contributed by atoms with Crippen LogP contribution in [0.3, 0.4) is 0 Å². The van der Waals surface area contributed by atoms with Crippen molar-refractivity contribution in [2.24, 2.45) is 0 Å². The second kappa shape index (κ2) is 5.97. The van der Waals surface area contributed by atoms with Crippen LogP contribution in [0.1, 0.15) is 0 Å². The Morgan fingerprint density at radius 3 is 2.80 bits per heavy atom. The second-order valence-electron chi connectivity index (χ2n) is 2.96.